The molecule has 1 saturated heterocycles. The van der Waals surface area contributed by atoms with Crippen LogP contribution in [0, 0.1) is 0 Å². The molecule has 8 heteroatoms. The maximum Gasteiger partial charge on any atom is 0.451 e. The summed E-state index contributed by atoms with van der Waals surface area (Å²) in [4.78, 5) is 20.6. The Morgan fingerprint density at radius 2 is 1.91 bits per heavy atom. The lowest BCUT2D eigenvalue weighted by molar-refractivity contribution is -0.144. The Labute approximate surface area is 130 Å². The third kappa shape index (κ3) is 3.12. The molecule has 0 amide bonds. The van der Waals surface area contributed by atoms with Gasteiger partial charge in [0.15, 0.2) is 5.78 Å². The van der Waals surface area contributed by atoms with Gasteiger partial charge >= 0.3 is 6.18 Å². The molecule has 0 bridgehead atoms. The second-order valence-electron chi connectivity index (χ2n) is 5.26. The molecule has 3 rings (SSSR count). The SMILES string of the molecule is CC(=O)c1ccc2nc(C(F)(F)F)nc(N3CCOCC3)c2c1. The lowest BCUT2D eigenvalue weighted by Gasteiger charge is -2.29. The number of anilines is 1. The van der Waals surface area contributed by atoms with Crippen molar-refractivity contribution in [2.45, 2.75) is 13.1 Å². The molecule has 122 valence electrons. The number of morpholine rings is 1. The van der Waals surface area contributed by atoms with Crippen molar-refractivity contribution >= 4 is 22.5 Å². The van der Waals surface area contributed by atoms with Crippen molar-refractivity contribution in [2.24, 2.45) is 0 Å². The molecule has 0 unspecified atom stereocenters. The molecule has 0 aliphatic carbocycles. The number of Topliss-reactive ketones (excluding diaryl/α,β-unsaturated/α-hetero) is 1. The van der Waals surface area contributed by atoms with Crippen molar-refractivity contribution in [3.05, 3.63) is 29.6 Å². The van der Waals surface area contributed by atoms with E-state index in [-0.39, 0.29) is 17.1 Å². The molecule has 0 radical (unpaired) electrons. The van der Waals surface area contributed by atoms with Crippen LogP contribution in [0.1, 0.15) is 23.1 Å². The third-order valence-electron chi connectivity index (χ3n) is 3.65. The summed E-state index contributed by atoms with van der Waals surface area (Å²) in [7, 11) is 0. The molecule has 0 N–H and O–H groups in total. The Kier molecular flexibility index (Phi) is 3.93. The Hall–Kier alpha value is -2.22. The van der Waals surface area contributed by atoms with Gasteiger partial charge in [-0.05, 0) is 25.1 Å². The van der Waals surface area contributed by atoms with Gasteiger partial charge < -0.3 is 9.64 Å². The van der Waals surface area contributed by atoms with E-state index in [1.807, 2.05) is 0 Å². The van der Waals surface area contributed by atoms with Crippen LogP contribution in [0.25, 0.3) is 10.9 Å². The Morgan fingerprint density at radius 3 is 2.52 bits per heavy atom. The van der Waals surface area contributed by atoms with Gasteiger partial charge in [0, 0.05) is 24.0 Å². The van der Waals surface area contributed by atoms with Crippen LogP contribution >= 0.6 is 0 Å². The summed E-state index contributed by atoms with van der Waals surface area (Å²) in [6.45, 7) is 3.11. The summed E-state index contributed by atoms with van der Waals surface area (Å²) in [5, 5.41) is 0.438. The predicted octanol–water partition coefficient (Wildman–Crippen LogP) is 2.69. The minimum atomic E-state index is -4.63. The van der Waals surface area contributed by atoms with E-state index in [9.17, 15) is 18.0 Å². The average molecular weight is 325 g/mol. The van der Waals surface area contributed by atoms with Crippen LogP contribution in [-0.4, -0.2) is 42.1 Å². The molecule has 23 heavy (non-hydrogen) atoms. The lowest BCUT2D eigenvalue weighted by Crippen LogP contribution is -2.37. The fourth-order valence-electron chi connectivity index (χ4n) is 2.47. The number of hydrogen-bond donors (Lipinski definition) is 0. The van der Waals surface area contributed by atoms with E-state index in [0.29, 0.717) is 37.3 Å². The monoisotopic (exact) mass is 325 g/mol. The van der Waals surface area contributed by atoms with Gasteiger partial charge in [-0.1, -0.05) is 0 Å². The number of aromatic nitrogens is 2. The van der Waals surface area contributed by atoms with Crippen LogP contribution in [0.4, 0.5) is 19.0 Å². The summed E-state index contributed by atoms with van der Waals surface area (Å²) in [5.41, 5.74) is 0.578. The fourth-order valence-corrected chi connectivity index (χ4v) is 2.47. The summed E-state index contributed by atoms with van der Waals surface area (Å²) in [6, 6.07) is 4.44. The van der Waals surface area contributed by atoms with Crippen LogP contribution in [-0.2, 0) is 10.9 Å². The van der Waals surface area contributed by atoms with Crippen molar-refractivity contribution < 1.29 is 22.7 Å². The molecule has 1 aliphatic heterocycles. The standard InChI is InChI=1S/C15H14F3N3O2/c1-9(22)10-2-3-12-11(8-10)13(21-4-6-23-7-5-21)20-14(19-12)15(16,17)18/h2-3,8H,4-7H2,1H3. The zero-order chi connectivity index (χ0) is 16.6. The number of benzene rings is 1. The first kappa shape index (κ1) is 15.7. The first-order valence-corrected chi connectivity index (χ1v) is 7.09. The summed E-state index contributed by atoms with van der Waals surface area (Å²) < 4.78 is 44.4. The number of alkyl halides is 3. The number of fused-ring (bicyclic) bond motifs is 1. The van der Waals surface area contributed by atoms with E-state index < -0.39 is 12.0 Å². The topological polar surface area (TPSA) is 55.3 Å². The molecule has 2 aromatic rings. The van der Waals surface area contributed by atoms with Gasteiger partial charge in [-0.3, -0.25) is 4.79 Å². The minimum absolute atomic E-state index is 0.166. The Balaban J connectivity index is 2.22. The molecule has 1 fully saturated rings. The molecule has 0 saturated carbocycles. The smallest absolute Gasteiger partial charge is 0.378 e. The van der Waals surface area contributed by atoms with E-state index >= 15 is 0 Å². The maximum atomic E-state index is 13.0. The van der Waals surface area contributed by atoms with Crippen LogP contribution in [0.15, 0.2) is 18.2 Å². The van der Waals surface area contributed by atoms with Gasteiger partial charge in [-0.25, -0.2) is 9.97 Å². The second kappa shape index (κ2) is 5.77. The van der Waals surface area contributed by atoms with Gasteiger partial charge in [0.1, 0.15) is 5.82 Å². The highest BCUT2D eigenvalue weighted by Gasteiger charge is 2.36. The molecule has 1 aromatic carbocycles. The normalized spacial score (nSPS) is 15.9. The lowest BCUT2D eigenvalue weighted by atomic mass is 10.1. The molecule has 0 spiro atoms. The highest BCUT2D eigenvalue weighted by Crippen LogP contribution is 2.32. The number of rotatable bonds is 2. The zero-order valence-electron chi connectivity index (χ0n) is 12.4. The summed E-state index contributed by atoms with van der Waals surface area (Å²) in [5.74, 6) is -1.16. The first-order chi connectivity index (χ1) is 10.9. The van der Waals surface area contributed by atoms with Crippen molar-refractivity contribution in [3.63, 3.8) is 0 Å². The number of ketones is 1. The number of ether oxygens (including phenoxy) is 1. The molecule has 5 nitrogen and oxygen atoms in total. The average Bonchev–Trinajstić information content (AvgIpc) is 2.53. The van der Waals surface area contributed by atoms with Gasteiger partial charge in [0.05, 0.1) is 18.7 Å². The molecular formula is C15H14F3N3O2. The summed E-state index contributed by atoms with van der Waals surface area (Å²) >= 11 is 0. The number of carbonyl (C=O) groups is 1. The molecular weight excluding hydrogens is 311 g/mol. The summed E-state index contributed by atoms with van der Waals surface area (Å²) in [6.07, 6.45) is -4.63. The highest BCUT2D eigenvalue weighted by atomic mass is 19.4. The molecule has 2 heterocycles. The number of carbonyl (C=O) groups excluding carboxylic acids is 1. The van der Waals surface area contributed by atoms with E-state index in [0.717, 1.165) is 0 Å². The van der Waals surface area contributed by atoms with E-state index in [2.05, 4.69) is 9.97 Å². The Morgan fingerprint density at radius 1 is 1.22 bits per heavy atom. The van der Waals surface area contributed by atoms with Gasteiger partial charge in [-0.2, -0.15) is 13.2 Å². The minimum Gasteiger partial charge on any atom is -0.378 e. The van der Waals surface area contributed by atoms with Crippen LogP contribution in [0.2, 0.25) is 0 Å². The number of nitrogens with zero attached hydrogens (tertiary/aromatic N) is 3. The molecule has 1 aromatic heterocycles. The zero-order valence-corrected chi connectivity index (χ0v) is 12.4. The number of halogens is 3. The van der Waals surface area contributed by atoms with Crippen molar-refractivity contribution in [2.75, 3.05) is 31.2 Å². The van der Waals surface area contributed by atoms with E-state index in [1.165, 1.54) is 19.1 Å². The van der Waals surface area contributed by atoms with Crippen molar-refractivity contribution in [1.82, 2.24) is 9.97 Å². The van der Waals surface area contributed by atoms with Gasteiger partial charge in [0.2, 0.25) is 5.82 Å². The van der Waals surface area contributed by atoms with Gasteiger partial charge in [-0.15, -0.1) is 0 Å². The van der Waals surface area contributed by atoms with E-state index in [1.54, 1.807) is 11.0 Å². The maximum absolute atomic E-state index is 13.0. The van der Waals surface area contributed by atoms with Crippen LogP contribution < -0.4 is 4.90 Å². The van der Waals surface area contributed by atoms with Crippen LogP contribution in [0.5, 0.6) is 0 Å². The Bertz CT molecular complexity index is 755. The predicted molar refractivity (Wildman–Crippen MR) is 77.6 cm³/mol. The first-order valence-electron chi connectivity index (χ1n) is 7.09. The third-order valence-corrected chi connectivity index (χ3v) is 3.65. The van der Waals surface area contributed by atoms with Crippen molar-refractivity contribution in [3.8, 4) is 0 Å². The molecule has 0 atom stereocenters. The quantitative estimate of drug-likeness (QED) is 0.795. The second-order valence-corrected chi connectivity index (χ2v) is 5.26. The fraction of sp³-hybridized carbons (Fsp3) is 0.400. The van der Waals surface area contributed by atoms with Crippen molar-refractivity contribution in [1.29, 1.82) is 0 Å². The highest BCUT2D eigenvalue weighted by molar-refractivity contribution is 6.00. The van der Waals surface area contributed by atoms with Gasteiger partial charge in [0.25, 0.3) is 0 Å². The largest absolute Gasteiger partial charge is 0.451 e. The van der Waals surface area contributed by atoms with Crippen LogP contribution in [0.3, 0.4) is 0 Å². The van der Waals surface area contributed by atoms with E-state index in [4.69, 9.17) is 4.74 Å². The molecule has 1 aliphatic rings. The number of hydrogen-bond acceptors (Lipinski definition) is 5.